The minimum Gasteiger partial charge on any atom is -0.419 e. The summed E-state index contributed by atoms with van der Waals surface area (Å²) in [6, 6.07) is 6.78. The average molecular weight is 462 g/mol. The van der Waals surface area contributed by atoms with E-state index in [-0.39, 0.29) is 25.3 Å². The van der Waals surface area contributed by atoms with Crippen LogP contribution in [0.5, 0.6) is 0 Å². The number of amides is 4. The van der Waals surface area contributed by atoms with E-state index in [0.717, 1.165) is 32.7 Å². The summed E-state index contributed by atoms with van der Waals surface area (Å²) in [5.41, 5.74) is 0.785. The molecule has 4 amide bonds. The first-order chi connectivity index (χ1) is 13.9. The maximum Gasteiger partial charge on any atom is 0.335 e. The zero-order chi connectivity index (χ0) is 20.7. The summed E-state index contributed by atoms with van der Waals surface area (Å²) in [4.78, 5) is 40.9. The van der Waals surface area contributed by atoms with Crippen molar-refractivity contribution in [1.29, 1.82) is 0 Å². The van der Waals surface area contributed by atoms with Gasteiger partial charge >= 0.3 is 17.8 Å². The summed E-state index contributed by atoms with van der Waals surface area (Å²) in [6.45, 7) is 3.71. The van der Waals surface area contributed by atoms with E-state index in [1.165, 1.54) is 0 Å². The monoisotopic (exact) mass is 461 g/mol. The third kappa shape index (κ3) is 3.82. The van der Waals surface area contributed by atoms with E-state index in [4.69, 9.17) is 4.42 Å². The van der Waals surface area contributed by atoms with E-state index in [1.807, 2.05) is 29.2 Å². The minimum atomic E-state index is -0.797. The quantitative estimate of drug-likeness (QED) is 0.461. The fourth-order valence-electron chi connectivity index (χ4n) is 3.25. The van der Waals surface area contributed by atoms with Crippen molar-refractivity contribution >= 4 is 33.8 Å². The van der Waals surface area contributed by atoms with Gasteiger partial charge < -0.3 is 4.42 Å². The number of carbonyl (C=O) groups is 3. The number of carbonyl (C=O) groups excluding carboxylic acids is 3. The summed E-state index contributed by atoms with van der Waals surface area (Å²) in [5, 5.41) is 8.22. The van der Waals surface area contributed by atoms with Gasteiger partial charge in [0.15, 0.2) is 0 Å². The number of rotatable bonds is 7. The van der Waals surface area contributed by atoms with Crippen molar-refractivity contribution in [2.45, 2.75) is 45.3 Å². The summed E-state index contributed by atoms with van der Waals surface area (Å²) in [7, 11) is 0. The first-order valence-electron chi connectivity index (χ1n) is 9.37. The molecule has 4 rings (SSSR count). The van der Waals surface area contributed by atoms with Gasteiger partial charge in [0.25, 0.3) is 0 Å². The predicted molar refractivity (Wildman–Crippen MR) is 105 cm³/mol. The van der Waals surface area contributed by atoms with Crippen molar-refractivity contribution in [1.82, 2.24) is 24.9 Å². The molecule has 1 aliphatic heterocycles. The smallest absolute Gasteiger partial charge is 0.335 e. The molecule has 0 atom stereocenters. The molecular weight excluding hydrogens is 442 g/mol. The molecule has 0 N–H and O–H groups in total. The lowest BCUT2D eigenvalue weighted by Gasteiger charge is -2.25. The van der Waals surface area contributed by atoms with E-state index in [1.54, 1.807) is 13.8 Å². The highest BCUT2D eigenvalue weighted by Crippen LogP contribution is 2.31. The second kappa shape index (κ2) is 7.68. The molecule has 1 aliphatic carbocycles. The SMILES string of the molecule is CC(C)N1C(=O)C(=O)N(CN(Cc2nnc(-c3ccccc3Br)o2)C2CC2)C1=O. The van der Waals surface area contributed by atoms with Gasteiger partial charge in [-0.05, 0) is 54.8 Å². The Hall–Kier alpha value is -2.59. The number of imide groups is 2. The molecule has 29 heavy (non-hydrogen) atoms. The van der Waals surface area contributed by atoms with E-state index >= 15 is 0 Å². The Labute approximate surface area is 175 Å². The van der Waals surface area contributed by atoms with Crippen molar-refractivity contribution in [3.05, 3.63) is 34.6 Å². The van der Waals surface area contributed by atoms with Crippen LogP contribution in [0.2, 0.25) is 0 Å². The van der Waals surface area contributed by atoms with E-state index in [2.05, 4.69) is 26.1 Å². The van der Waals surface area contributed by atoms with Crippen molar-refractivity contribution in [2.24, 2.45) is 0 Å². The zero-order valence-electron chi connectivity index (χ0n) is 16.0. The van der Waals surface area contributed by atoms with E-state index in [9.17, 15) is 14.4 Å². The van der Waals surface area contributed by atoms with Gasteiger partial charge in [0.1, 0.15) is 0 Å². The minimum absolute atomic E-state index is 0.0179. The van der Waals surface area contributed by atoms with Crippen LogP contribution in [0.3, 0.4) is 0 Å². The highest BCUT2D eigenvalue weighted by Gasteiger charge is 2.47. The highest BCUT2D eigenvalue weighted by molar-refractivity contribution is 9.10. The van der Waals surface area contributed by atoms with E-state index < -0.39 is 17.8 Å². The second-order valence-electron chi connectivity index (χ2n) is 7.38. The molecule has 1 saturated carbocycles. The number of halogens is 1. The molecule has 0 unspecified atom stereocenters. The molecule has 2 aromatic rings. The van der Waals surface area contributed by atoms with Gasteiger partial charge in [-0.25, -0.2) is 9.69 Å². The van der Waals surface area contributed by atoms with Gasteiger partial charge in [0.05, 0.1) is 18.8 Å². The lowest BCUT2D eigenvalue weighted by molar-refractivity contribution is -0.144. The predicted octanol–water partition coefficient (Wildman–Crippen LogP) is 2.62. The zero-order valence-corrected chi connectivity index (χ0v) is 17.6. The molecule has 2 heterocycles. The van der Waals surface area contributed by atoms with Crippen molar-refractivity contribution in [3.63, 3.8) is 0 Å². The van der Waals surface area contributed by atoms with Crippen LogP contribution in [0.1, 0.15) is 32.6 Å². The fourth-order valence-corrected chi connectivity index (χ4v) is 3.71. The summed E-state index contributed by atoms with van der Waals surface area (Å²) >= 11 is 3.46. The van der Waals surface area contributed by atoms with Crippen LogP contribution in [0.15, 0.2) is 33.2 Å². The van der Waals surface area contributed by atoms with Crippen LogP contribution < -0.4 is 0 Å². The molecular formula is C19H20BrN5O4. The second-order valence-corrected chi connectivity index (χ2v) is 8.24. The lowest BCUT2D eigenvalue weighted by Crippen LogP contribution is -2.43. The lowest BCUT2D eigenvalue weighted by atomic mass is 10.2. The Morgan fingerprint density at radius 2 is 1.90 bits per heavy atom. The molecule has 9 nitrogen and oxygen atoms in total. The molecule has 1 aromatic carbocycles. The molecule has 10 heteroatoms. The van der Waals surface area contributed by atoms with Crippen molar-refractivity contribution in [2.75, 3.05) is 6.67 Å². The highest BCUT2D eigenvalue weighted by atomic mass is 79.9. The Balaban J connectivity index is 1.50. The average Bonchev–Trinajstić information content (AvgIpc) is 3.39. The maximum absolute atomic E-state index is 12.6. The molecule has 0 bridgehead atoms. The standard InChI is InChI=1S/C19H20BrN5O4/c1-11(2)25-18(27)17(26)24(19(25)28)10-23(12-7-8-12)9-15-21-22-16(29-15)13-5-3-4-6-14(13)20/h3-6,11-12H,7-10H2,1-2H3. The molecule has 152 valence electrons. The van der Waals surface area contributed by atoms with Gasteiger partial charge in [-0.3, -0.25) is 19.4 Å². The number of hydrogen-bond donors (Lipinski definition) is 0. The third-order valence-corrected chi connectivity index (χ3v) is 5.59. The van der Waals surface area contributed by atoms with Crippen LogP contribution in [0, 0.1) is 0 Å². The topological polar surface area (TPSA) is 99.9 Å². The Bertz CT molecular complexity index is 971. The first kappa shape index (κ1) is 19.7. The van der Waals surface area contributed by atoms with Crippen molar-refractivity contribution in [3.8, 4) is 11.5 Å². The number of aromatic nitrogens is 2. The van der Waals surface area contributed by atoms with Crippen LogP contribution in [-0.2, 0) is 16.1 Å². The number of benzene rings is 1. The van der Waals surface area contributed by atoms with Gasteiger partial charge in [-0.1, -0.05) is 12.1 Å². The molecule has 1 aromatic heterocycles. The van der Waals surface area contributed by atoms with Crippen LogP contribution in [0.25, 0.3) is 11.5 Å². The van der Waals surface area contributed by atoms with Gasteiger partial charge in [0.2, 0.25) is 11.8 Å². The summed E-state index contributed by atoms with van der Waals surface area (Å²) < 4.78 is 6.64. The Kier molecular flexibility index (Phi) is 5.22. The Morgan fingerprint density at radius 1 is 1.17 bits per heavy atom. The first-order valence-corrected chi connectivity index (χ1v) is 10.2. The number of nitrogens with zero attached hydrogens (tertiary/aromatic N) is 5. The molecule has 1 saturated heterocycles. The largest absolute Gasteiger partial charge is 0.419 e. The van der Waals surface area contributed by atoms with Gasteiger partial charge in [-0.15, -0.1) is 10.2 Å². The summed E-state index contributed by atoms with van der Waals surface area (Å²) in [5.74, 6) is -0.810. The van der Waals surface area contributed by atoms with Crippen LogP contribution in [0.4, 0.5) is 4.79 Å². The molecule has 2 fully saturated rings. The van der Waals surface area contributed by atoms with Crippen molar-refractivity contribution < 1.29 is 18.8 Å². The number of urea groups is 1. The normalized spacial score (nSPS) is 17.3. The van der Waals surface area contributed by atoms with E-state index in [0.29, 0.717) is 11.8 Å². The van der Waals surface area contributed by atoms with Crippen LogP contribution >= 0.6 is 15.9 Å². The molecule has 2 aliphatic rings. The Morgan fingerprint density at radius 3 is 2.52 bits per heavy atom. The molecule has 0 spiro atoms. The van der Waals surface area contributed by atoms with Gasteiger partial charge in [-0.2, -0.15) is 0 Å². The maximum atomic E-state index is 12.6. The van der Waals surface area contributed by atoms with Gasteiger partial charge in [0, 0.05) is 16.6 Å². The summed E-state index contributed by atoms with van der Waals surface area (Å²) in [6.07, 6.45) is 1.90. The fraction of sp³-hybridized carbons (Fsp3) is 0.421. The molecule has 0 radical (unpaired) electrons. The van der Waals surface area contributed by atoms with Crippen LogP contribution in [-0.4, -0.2) is 61.5 Å². The number of hydrogen-bond acceptors (Lipinski definition) is 7. The third-order valence-electron chi connectivity index (χ3n) is 4.90.